The van der Waals surface area contributed by atoms with Crippen molar-refractivity contribution in [3.05, 3.63) is 30.0 Å². The molecule has 13 heavy (non-hydrogen) atoms. The summed E-state index contributed by atoms with van der Waals surface area (Å²) in [6, 6.07) is 6.00. The Morgan fingerprint density at radius 1 is 1.46 bits per heavy atom. The van der Waals surface area contributed by atoms with Crippen LogP contribution in [0, 0.1) is 13.1 Å². The Balaban J connectivity index is 2.65. The van der Waals surface area contributed by atoms with Gasteiger partial charge in [0.1, 0.15) is 5.75 Å². The van der Waals surface area contributed by atoms with Crippen molar-refractivity contribution in [2.75, 3.05) is 6.61 Å². The molecule has 0 spiro atoms. The molecule has 2 heteroatoms. The number of hydrogen-bond donors (Lipinski definition) is 1. The van der Waals surface area contributed by atoms with E-state index in [0.29, 0.717) is 6.61 Å². The number of hydrogen-bond acceptors (Lipinski definition) is 1. The monoisotopic (exact) mass is 174 g/mol. The topological polar surface area (TPSA) is 25.0 Å². The Morgan fingerprint density at radius 2 is 2.31 bits per heavy atom. The molecule has 0 amide bonds. The zero-order chi connectivity index (χ0) is 9.26. The van der Waals surface area contributed by atoms with E-state index in [9.17, 15) is 0 Å². The van der Waals surface area contributed by atoms with Gasteiger partial charge in [0.2, 0.25) is 0 Å². The molecule has 0 bridgehead atoms. The molecule has 0 atom stereocenters. The Kier molecular flexibility index (Phi) is 1.97. The number of aromatic nitrogens is 1. The third kappa shape index (κ3) is 1.28. The van der Waals surface area contributed by atoms with Crippen molar-refractivity contribution in [2.24, 2.45) is 0 Å². The van der Waals surface area contributed by atoms with Gasteiger partial charge in [0.15, 0.2) is 0 Å². The van der Waals surface area contributed by atoms with Gasteiger partial charge in [-0.1, -0.05) is 6.07 Å². The van der Waals surface area contributed by atoms with Crippen LogP contribution in [0.5, 0.6) is 5.75 Å². The molecule has 0 fully saturated rings. The maximum absolute atomic E-state index is 5.52. The first kappa shape index (κ1) is 8.17. The number of H-pyrrole nitrogens is 1. The lowest BCUT2D eigenvalue weighted by atomic mass is 10.2. The van der Waals surface area contributed by atoms with E-state index >= 15 is 0 Å². The summed E-state index contributed by atoms with van der Waals surface area (Å²) in [7, 11) is 0. The van der Waals surface area contributed by atoms with E-state index in [1.54, 1.807) is 0 Å². The van der Waals surface area contributed by atoms with Gasteiger partial charge in [0, 0.05) is 10.9 Å². The summed E-state index contributed by atoms with van der Waals surface area (Å²) < 4.78 is 5.52. The summed E-state index contributed by atoms with van der Waals surface area (Å²) in [5, 5.41) is 1.14. The minimum absolute atomic E-state index is 0.698. The van der Waals surface area contributed by atoms with Crippen molar-refractivity contribution in [3.63, 3.8) is 0 Å². The fraction of sp³-hybridized carbons (Fsp3) is 0.273. The zero-order valence-corrected chi connectivity index (χ0v) is 7.85. The highest BCUT2D eigenvalue weighted by molar-refractivity contribution is 5.88. The van der Waals surface area contributed by atoms with Crippen molar-refractivity contribution in [1.29, 1.82) is 0 Å². The van der Waals surface area contributed by atoms with Crippen LogP contribution in [0.4, 0.5) is 0 Å². The quantitative estimate of drug-likeness (QED) is 0.743. The van der Waals surface area contributed by atoms with E-state index in [-0.39, 0.29) is 0 Å². The van der Waals surface area contributed by atoms with Gasteiger partial charge >= 0.3 is 0 Å². The molecule has 2 aromatic rings. The number of ether oxygens (including phenoxy) is 1. The highest BCUT2D eigenvalue weighted by Crippen LogP contribution is 2.27. The molecule has 0 unspecified atom stereocenters. The molecule has 0 aliphatic carbocycles. The molecule has 0 saturated heterocycles. The standard InChI is InChI=1S/C11H12NO/c1-3-13-10-6-4-5-9-11(10)8(2)7-12-9/h4-6,12H,3H2,1-2H3. The molecule has 0 saturated carbocycles. The lowest BCUT2D eigenvalue weighted by Gasteiger charge is -2.04. The minimum Gasteiger partial charge on any atom is -0.493 e. The fourth-order valence-electron chi connectivity index (χ4n) is 1.52. The number of benzene rings is 1. The molecule has 0 aliphatic heterocycles. The molecule has 1 N–H and O–H groups in total. The predicted octanol–water partition coefficient (Wildman–Crippen LogP) is 2.68. The molecule has 2 nitrogen and oxygen atoms in total. The second-order valence-electron chi connectivity index (χ2n) is 2.99. The molecule has 0 aliphatic rings. The Hall–Kier alpha value is -1.44. The largest absolute Gasteiger partial charge is 0.493 e. The summed E-state index contributed by atoms with van der Waals surface area (Å²) in [6.07, 6.45) is 3.07. The van der Waals surface area contributed by atoms with Gasteiger partial charge in [-0.15, -0.1) is 0 Å². The Bertz CT molecular complexity index is 417. The van der Waals surface area contributed by atoms with Crippen LogP contribution in [0.2, 0.25) is 0 Å². The first-order valence-electron chi connectivity index (χ1n) is 4.44. The van der Waals surface area contributed by atoms with Crippen molar-refractivity contribution in [2.45, 2.75) is 13.8 Å². The fourth-order valence-corrected chi connectivity index (χ4v) is 1.52. The molecule has 2 rings (SSSR count). The zero-order valence-electron chi connectivity index (χ0n) is 7.85. The molecule has 1 aromatic heterocycles. The summed E-state index contributed by atoms with van der Waals surface area (Å²) in [5.41, 5.74) is 2.20. The van der Waals surface area contributed by atoms with Gasteiger partial charge < -0.3 is 9.72 Å². The van der Waals surface area contributed by atoms with Gasteiger partial charge in [-0.3, -0.25) is 0 Å². The second-order valence-corrected chi connectivity index (χ2v) is 2.99. The Labute approximate surface area is 77.5 Å². The van der Waals surface area contributed by atoms with Crippen molar-refractivity contribution < 1.29 is 4.74 Å². The number of aryl methyl sites for hydroxylation is 1. The second kappa shape index (κ2) is 3.13. The molecular weight excluding hydrogens is 162 g/mol. The van der Waals surface area contributed by atoms with Crippen molar-refractivity contribution >= 4 is 10.9 Å². The number of aromatic amines is 1. The van der Waals surface area contributed by atoms with Gasteiger partial charge in [0.25, 0.3) is 0 Å². The first-order valence-corrected chi connectivity index (χ1v) is 4.44. The van der Waals surface area contributed by atoms with Crippen molar-refractivity contribution in [1.82, 2.24) is 4.98 Å². The van der Waals surface area contributed by atoms with Crippen LogP contribution in [-0.2, 0) is 0 Å². The van der Waals surface area contributed by atoms with Gasteiger partial charge in [-0.2, -0.15) is 0 Å². The van der Waals surface area contributed by atoms with Crippen LogP contribution in [0.15, 0.2) is 18.2 Å². The van der Waals surface area contributed by atoms with E-state index in [0.717, 1.165) is 22.2 Å². The molecule has 1 heterocycles. The highest BCUT2D eigenvalue weighted by atomic mass is 16.5. The van der Waals surface area contributed by atoms with Crippen LogP contribution >= 0.6 is 0 Å². The molecule has 1 radical (unpaired) electrons. The summed E-state index contributed by atoms with van der Waals surface area (Å²) in [5.74, 6) is 0.940. The maximum atomic E-state index is 5.52. The average molecular weight is 174 g/mol. The van der Waals surface area contributed by atoms with E-state index in [4.69, 9.17) is 4.74 Å². The molecule has 1 aromatic carbocycles. The third-order valence-corrected chi connectivity index (χ3v) is 2.09. The average Bonchev–Trinajstić information content (AvgIpc) is 2.50. The molecule has 67 valence electrons. The smallest absolute Gasteiger partial charge is 0.128 e. The van der Waals surface area contributed by atoms with E-state index in [2.05, 4.69) is 11.2 Å². The SMILES string of the molecule is CCOc1cccc2[nH][c]c(C)c12. The lowest BCUT2D eigenvalue weighted by Crippen LogP contribution is -1.91. The van der Waals surface area contributed by atoms with Crippen LogP contribution in [-0.4, -0.2) is 11.6 Å². The Morgan fingerprint density at radius 3 is 3.08 bits per heavy atom. The summed E-state index contributed by atoms with van der Waals surface area (Å²) in [6.45, 7) is 4.72. The van der Waals surface area contributed by atoms with Crippen LogP contribution in [0.3, 0.4) is 0 Å². The van der Waals surface area contributed by atoms with E-state index in [1.165, 1.54) is 0 Å². The van der Waals surface area contributed by atoms with E-state index in [1.807, 2.05) is 32.0 Å². The highest BCUT2D eigenvalue weighted by Gasteiger charge is 2.05. The van der Waals surface area contributed by atoms with E-state index < -0.39 is 0 Å². The maximum Gasteiger partial charge on any atom is 0.128 e. The summed E-state index contributed by atoms with van der Waals surface area (Å²) >= 11 is 0. The summed E-state index contributed by atoms with van der Waals surface area (Å²) in [4.78, 5) is 3.08. The van der Waals surface area contributed by atoms with Gasteiger partial charge in [0.05, 0.1) is 12.8 Å². The normalized spacial score (nSPS) is 10.6. The van der Waals surface area contributed by atoms with Crippen LogP contribution in [0.1, 0.15) is 12.5 Å². The first-order chi connectivity index (χ1) is 6.33. The number of fused-ring (bicyclic) bond motifs is 1. The van der Waals surface area contributed by atoms with Crippen LogP contribution in [0.25, 0.3) is 10.9 Å². The van der Waals surface area contributed by atoms with Gasteiger partial charge in [-0.05, 0) is 31.5 Å². The minimum atomic E-state index is 0.698. The molecular formula is C11H12NO. The predicted molar refractivity (Wildman–Crippen MR) is 53.0 cm³/mol. The van der Waals surface area contributed by atoms with Crippen molar-refractivity contribution in [3.8, 4) is 5.75 Å². The lowest BCUT2D eigenvalue weighted by molar-refractivity contribution is 0.344. The van der Waals surface area contributed by atoms with Crippen LogP contribution < -0.4 is 4.74 Å². The number of rotatable bonds is 2. The number of nitrogens with one attached hydrogen (secondary N) is 1. The third-order valence-electron chi connectivity index (χ3n) is 2.09. The van der Waals surface area contributed by atoms with Gasteiger partial charge in [-0.25, -0.2) is 0 Å².